The number of halogens is 1. The predicted molar refractivity (Wildman–Crippen MR) is 114 cm³/mol. The van der Waals surface area contributed by atoms with Crippen molar-refractivity contribution in [3.63, 3.8) is 0 Å². The summed E-state index contributed by atoms with van der Waals surface area (Å²) in [5.74, 6) is 1.18. The zero-order valence-electron chi connectivity index (χ0n) is 14.3. The standard InChI is InChI=1S/C21H16BrN5/c22-16-12-10-15(11-13-16)14-23-27-21(24-17-6-2-1-3-7-17)20-25-18-8-4-5-9-19(18)26-20/h1-14H,(H,24,27)(H,25,26). The fourth-order valence-corrected chi connectivity index (χ4v) is 2.81. The van der Waals surface area contributed by atoms with Gasteiger partial charge in [0.2, 0.25) is 0 Å². The number of amidine groups is 1. The van der Waals surface area contributed by atoms with Crippen molar-refractivity contribution >= 4 is 44.7 Å². The fourth-order valence-electron chi connectivity index (χ4n) is 2.54. The monoisotopic (exact) mass is 417 g/mol. The van der Waals surface area contributed by atoms with Gasteiger partial charge in [0, 0.05) is 4.47 Å². The Balaban J connectivity index is 1.65. The number of H-pyrrole nitrogens is 1. The number of hydrazone groups is 1. The van der Waals surface area contributed by atoms with Crippen molar-refractivity contribution in [1.29, 1.82) is 0 Å². The molecule has 0 fully saturated rings. The first-order chi connectivity index (χ1) is 13.3. The molecule has 0 spiro atoms. The number of rotatable bonds is 4. The maximum absolute atomic E-state index is 4.66. The van der Waals surface area contributed by atoms with Crippen LogP contribution in [0.4, 0.5) is 5.69 Å². The molecule has 5 nitrogen and oxygen atoms in total. The highest BCUT2D eigenvalue weighted by Crippen LogP contribution is 2.14. The number of aromatic amines is 1. The summed E-state index contributed by atoms with van der Waals surface area (Å²) in [5, 5.41) is 4.33. The van der Waals surface area contributed by atoms with E-state index in [1.807, 2.05) is 78.9 Å². The lowest BCUT2D eigenvalue weighted by Crippen LogP contribution is -2.20. The van der Waals surface area contributed by atoms with Crippen LogP contribution in [0.25, 0.3) is 11.0 Å². The van der Waals surface area contributed by atoms with Crippen molar-refractivity contribution in [3.8, 4) is 0 Å². The molecule has 27 heavy (non-hydrogen) atoms. The molecule has 0 saturated carbocycles. The van der Waals surface area contributed by atoms with Gasteiger partial charge in [-0.3, -0.25) is 5.43 Å². The maximum atomic E-state index is 4.66. The third-order valence-corrected chi connectivity index (χ3v) is 4.39. The lowest BCUT2D eigenvalue weighted by atomic mass is 10.2. The molecule has 0 bridgehead atoms. The highest BCUT2D eigenvalue weighted by Gasteiger charge is 2.09. The first kappa shape index (κ1) is 17.2. The van der Waals surface area contributed by atoms with Crippen molar-refractivity contribution in [2.45, 2.75) is 0 Å². The molecule has 4 aromatic rings. The van der Waals surface area contributed by atoms with Gasteiger partial charge >= 0.3 is 0 Å². The van der Waals surface area contributed by atoms with Gasteiger partial charge in [-0.2, -0.15) is 5.10 Å². The predicted octanol–water partition coefficient (Wildman–Crippen LogP) is 5.03. The van der Waals surface area contributed by atoms with E-state index in [4.69, 9.17) is 0 Å². The van der Waals surface area contributed by atoms with Gasteiger partial charge in [-0.05, 0) is 42.0 Å². The van der Waals surface area contributed by atoms with Crippen molar-refractivity contribution < 1.29 is 0 Å². The number of aliphatic imine (C=N–C) groups is 1. The molecule has 0 saturated heterocycles. The van der Waals surface area contributed by atoms with Crippen LogP contribution in [-0.4, -0.2) is 22.0 Å². The van der Waals surface area contributed by atoms with Crippen LogP contribution in [0.2, 0.25) is 0 Å². The van der Waals surface area contributed by atoms with E-state index in [1.54, 1.807) is 6.21 Å². The number of hydrogen-bond donors (Lipinski definition) is 2. The van der Waals surface area contributed by atoms with Gasteiger partial charge in [-0.25, -0.2) is 9.98 Å². The second-order valence-electron chi connectivity index (χ2n) is 5.82. The van der Waals surface area contributed by atoms with Crippen molar-refractivity contribution in [2.24, 2.45) is 10.1 Å². The summed E-state index contributed by atoms with van der Waals surface area (Å²) in [7, 11) is 0. The summed E-state index contributed by atoms with van der Waals surface area (Å²) in [4.78, 5) is 12.6. The largest absolute Gasteiger partial charge is 0.335 e. The second-order valence-corrected chi connectivity index (χ2v) is 6.74. The van der Waals surface area contributed by atoms with Crippen LogP contribution in [0.1, 0.15) is 11.4 Å². The molecule has 0 radical (unpaired) electrons. The topological polar surface area (TPSA) is 65.4 Å². The SMILES string of the molecule is Brc1ccc(C=NNC(=Nc2ccccc2)c2nc3ccccc3[nH]2)cc1. The molecule has 0 aliphatic carbocycles. The number of aromatic nitrogens is 2. The minimum atomic E-state index is 0.547. The van der Waals surface area contributed by atoms with Crippen LogP contribution >= 0.6 is 15.9 Å². The number of fused-ring (bicyclic) bond motifs is 1. The van der Waals surface area contributed by atoms with E-state index >= 15 is 0 Å². The Morgan fingerprint density at radius 3 is 2.44 bits per heavy atom. The van der Waals surface area contributed by atoms with Gasteiger partial charge < -0.3 is 4.98 Å². The van der Waals surface area contributed by atoms with Gasteiger partial charge in [-0.1, -0.05) is 58.4 Å². The Kier molecular flexibility index (Phi) is 5.07. The number of benzene rings is 3. The lowest BCUT2D eigenvalue weighted by molar-refractivity contribution is 1.01. The molecule has 4 rings (SSSR count). The highest BCUT2D eigenvalue weighted by atomic mass is 79.9. The Bertz CT molecular complexity index is 1070. The average molecular weight is 418 g/mol. The van der Waals surface area contributed by atoms with Crippen molar-refractivity contribution in [3.05, 3.63) is 94.7 Å². The molecule has 0 amide bonds. The lowest BCUT2D eigenvalue weighted by Gasteiger charge is -2.03. The molecule has 3 aromatic carbocycles. The summed E-state index contributed by atoms with van der Waals surface area (Å²) in [6, 6.07) is 25.5. The number of nitrogens with one attached hydrogen (secondary N) is 2. The fraction of sp³-hybridized carbons (Fsp3) is 0. The third kappa shape index (κ3) is 4.30. The number of nitrogens with zero attached hydrogens (tertiary/aromatic N) is 3. The van der Waals surface area contributed by atoms with E-state index in [0.717, 1.165) is 26.8 Å². The van der Waals surface area contributed by atoms with Gasteiger partial charge in [0.25, 0.3) is 0 Å². The smallest absolute Gasteiger partial charge is 0.190 e. The summed E-state index contributed by atoms with van der Waals surface area (Å²) < 4.78 is 1.03. The normalized spacial score (nSPS) is 12.0. The summed E-state index contributed by atoms with van der Waals surface area (Å²) in [6.07, 6.45) is 1.75. The van der Waals surface area contributed by atoms with E-state index in [-0.39, 0.29) is 0 Å². The molecule has 0 aliphatic rings. The maximum Gasteiger partial charge on any atom is 0.190 e. The first-order valence-corrected chi connectivity index (χ1v) is 9.21. The van der Waals surface area contributed by atoms with Gasteiger partial charge in [0.1, 0.15) is 0 Å². The van der Waals surface area contributed by atoms with E-state index < -0.39 is 0 Å². The van der Waals surface area contributed by atoms with E-state index in [0.29, 0.717) is 11.7 Å². The van der Waals surface area contributed by atoms with Gasteiger partial charge in [0.05, 0.1) is 22.9 Å². The molecule has 0 atom stereocenters. The van der Waals surface area contributed by atoms with E-state index in [1.165, 1.54) is 0 Å². The second kappa shape index (κ2) is 7.97. The van der Waals surface area contributed by atoms with Crippen LogP contribution in [0.3, 0.4) is 0 Å². The van der Waals surface area contributed by atoms with Gasteiger partial charge in [-0.15, -0.1) is 0 Å². The molecule has 0 unspecified atom stereocenters. The summed E-state index contributed by atoms with van der Waals surface area (Å²) in [6.45, 7) is 0. The Labute approximate surface area is 165 Å². The van der Waals surface area contributed by atoms with Crippen molar-refractivity contribution in [2.75, 3.05) is 0 Å². The Hall–Kier alpha value is -3.25. The van der Waals surface area contributed by atoms with Crippen LogP contribution < -0.4 is 5.43 Å². The van der Waals surface area contributed by atoms with E-state index in [9.17, 15) is 0 Å². The van der Waals surface area contributed by atoms with E-state index in [2.05, 4.69) is 41.4 Å². The quantitative estimate of drug-likeness (QED) is 0.278. The molecule has 2 N–H and O–H groups in total. The highest BCUT2D eigenvalue weighted by molar-refractivity contribution is 9.10. The minimum absolute atomic E-state index is 0.547. The van der Waals surface area contributed by atoms with Crippen LogP contribution in [0.5, 0.6) is 0 Å². The third-order valence-electron chi connectivity index (χ3n) is 3.86. The average Bonchev–Trinajstić information content (AvgIpc) is 3.14. The number of hydrogen-bond acceptors (Lipinski definition) is 3. The molecule has 0 aliphatic heterocycles. The zero-order chi connectivity index (χ0) is 18.5. The van der Waals surface area contributed by atoms with Crippen LogP contribution in [0.15, 0.2) is 93.4 Å². The Morgan fingerprint density at radius 2 is 1.67 bits per heavy atom. The number of para-hydroxylation sites is 3. The summed E-state index contributed by atoms with van der Waals surface area (Å²) in [5.41, 5.74) is 6.65. The zero-order valence-corrected chi connectivity index (χ0v) is 15.9. The minimum Gasteiger partial charge on any atom is -0.335 e. The van der Waals surface area contributed by atoms with Crippen LogP contribution in [0, 0.1) is 0 Å². The summed E-state index contributed by atoms with van der Waals surface area (Å²) >= 11 is 3.43. The molecule has 1 heterocycles. The van der Waals surface area contributed by atoms with Crippen molar-refractivity contribution in [1.82, 2.24) is 15.4 Å². The molecular weight excluding hydrogens is 402 g/mol. The molecule has 6 heteroatoms. The Morgan fingerprint density at radius 1 is 0.926 bits per heavy atom. The molecule has 132 valence electrons. The number of imidazole rings is 1. The van der Waals surface area contributed by atoms with Gasteiger partial charge in [0.15, 0.2) is 11.7 Å². The molecular formula is C21H16BrN5. The van der Waals surface area contributed by atoms with Crippen LogP contribution in [-0.2, 0) is 0 Å². The molecule has 1 aromatic heterocycles. The first-order valence-electron chi connectivity index (χ1n) is 8.41.